The number of ether oxygens (including phenoxy) is 3. The molecule has 1 unspecified atom stereocenters. The first-order valence-electron chi connectivity index (χ1n) is 16.0. The van der Waals surface area contributed by atoms with Crippen LogP contribution in [0.3, 0.4) is 0 Å². The Kier molecular flexibility index (Phi) is 11.3. The molecule has 0 aliphatic carbocycles. The predicted molar refractivity (Wildman–Crippen MR) is 174 cm³/mol. The normalized spacial score (nSPS) is 18.4. The monoisotopic (exact) mass is 612 g/mol. The van der Waals surface area contributed by atoms with Crippen molar-refractivity contribution in [1.82, 2.24) is 9.80 Å². The van der Waals surface area contributed by atoms with E-state index in [-0.39, 0.29) is 11.3 Å². The second kappa shape index (κ2) is 15.7. The maximum absolute atomic E-state index is 13.5. The van der Waals surface area contributed by atoms with Gasteiger partial charge in [-0.2, -0.15) is 0 Å². The van der Waals surface area contributed by atoms with E-state index in [0.717, 1.165) is 61.3 Å². The van der Waals surface area contributed by atoms with Gasteiger partial charge in [-0.15, -0.1) is 0 Å². The van der Waals surface area contributed by atoms with Crippen molar-refractivity contribution in [1.29, 1.82) is 0 Å². The van der Waals surface area contributed by atoms with Crippen molar-refractivity contribution >= 4 is 17.4 Å². The molecule has 45 heavy (non-hydrogen) atoms. The highest BCUT2D eigenvalue weighted by molar-refractivity contribution is 6.46. The van der Waals surface area contributed by atoms with Crippen molar-refractivity contribution in [3.63, 3.8) is 0 Å². The highest BCUT2D eigenvalue weighted by atomic mass is 16.5. The summed E-state index contributed by atoms with van der Waals surface area (Å²) in [6.45, 7) is 9.56. The molecular weight excluding hydrogens is 568 g/mol. The number of aryl methyl sites for hydroxylation is 1. The lowest BCUT2D eigenvalue weighted by atomic mass is 9.95. The maximum atomic E-state index is 13.5. The molecule has 238 valence electrons. The van der Waals surface area contributed by atoms with Gasteiger partial charge in [0.15, 0.2) is 0 Å². The molecule has 3 aromatic carbocycles. The number of ketones is 1. The lowest BCUT2D eigenvalue weighted by Crippen LogP contribution is -2.38. The van der Waals surface area contributed by atoms with Crippen molar-refractivity contribution in [3.8, 4) is 11.5 Å². The van der Waals surface area contributed by atoms with Gasteiger partial charge in [-0.3, -0.25) is 14.5 Å². The summed E-state index contributed by atoms with van der Waals surface area (Å²) in [5, 5.41) is 11.5. The number of nitrogens with zero attached hydrogens (tertiary/aromatic N) is 2. The molecule has 8 heteroatoms. The van der Waals surface area contributed by atoms with Gasteiger partial charge >= 0.3 is 0 Å². The molecule has 2 heterocycles. The number of carbonyl (C=O) groups excluding carboxylic acids is 2. The Hall–Kier alpha value is -4.14. The number of hydrogen-bond acceptors (Lipinski definition) is 7. The molecule has 2 saturated heterocycles. The fourth-order valence-electron chi connectivity index (χ4n) is 5.83. The summed E-state index contributed by atoms with van der Waals surface area (Å²) in [5.74, 6) is -0.0885. The third kappa shape index (κ3) is 8.12. The first-order valence-corrected chi connectivity index (χ1v) is 16.0. The molecule has 1 N–H and O–H groups in total. The molecular formula is C37H44N2O6. The van der Waals surface area contributed by atoms with Gasteiger partial charge in [0.05, 0.1) is 31.4 Å². The van der Waals surface area contributed by atoms with Crippen molar-refractivity contribution in [2.75, 3.05) is 46.0 Å². The molecule has 0 spiro atoms. The number of rotatable bonds is 14. The Morgan fingerprint density at radius 1 is 0.867 bits per heavy atom. The average Bonchev–Trinajstić information content (AvgIpc) is 3.32. The maximum Gasteiger partial charge on any atom is 0.295 e. The average molecular weight is 613 g/mol. The minimum absolute atomic E-state index is 0.0940. The number of aliphatic hydroxyl groups excluding tert-OH is 1. The van der Waals surface area contributed by atoms with Crippen molar-refractivity contribution < 1.29 is 28.9 Å². The topological polar surface area (TPSA) is 88.5 Å². The number of carbonyl (C=O) groups is 2. The predicted octanol–water partition coefficient (Wildman–Crippen LogP) is 6.29. The minimum Gasteiger partial charge on any atom is -0.507 e. The van der Waals surface area contributed by atoms with Crippen molar-refractivity contribution in [2.24, 2.45) is 0 Å². The Balaban J connectivity index is 1.37. The van der Waals surface area contributed by atoms with Crippen LogP contribution in [0.5, 0.6) is 11.5 Å². The smallest absolute Gasteiger partial charge is 0.295 e. The summed E-state index contributed by atoms with van der Waals surface area (Å²) in [5.41, 5.74) is 3.54. The summed E-state index contributed by atoms with van der Waals surface area (Å²) in [4.78, 5) is 30.9. The fourth-order valence-corrected chi connectivity index (χ4v) is 5.83. The van der Waals surface area contributed by atoms with Gasteiger partial charge in [0.25, 0.3) is 11.7 Å². The van der Waals surface area contributed by atoms with Gasteiger partial charge in [0, 0.05) is 31.7 Å². The van der Waals surface area contributed by atoms with Gasteiger partial charge in [0.2, 0.25) is 0 Å². The van der Waals surface area contributed by atoms with Crippen LogP contribution in [0, 0.1) is 6.92 Å². The van der Waals surface area contributed by atoms with Gasteiger partial charge < -0.3 is 24.2 Å². The Morgan fingerprint density at radius 3 is 2.27 bits per heavy atom. The van der Waals surface area contributed by atoms with Crippen molar-refractivity contribution in [3.05, 3.63) is 101 Å². The van der Waals surface area contributed by atoms with E-state index in [1.807, 2.05) is 55.5 Å². The second-order valence-corrected chi connectivity index (χ2v) is 11.7. The summed E-state index contributed by atoms with van der Waals surface area (Å²) in [7, 11) is 0. The first kappa shape index (κ1) is 32.3. The zero-order valence-electron chi connectivity index (χ0n) is 26.4. The number of benzene rings is 3. The largest absolute Gasteiger partial charge is 0.507 e. The molecule has 2 aliphatic heterocycles. The zero-order valence-corrected chi connectivity index (χ0v) is 26.4. The van der Waals surface area contributed by atoms with E-state index in [0.29, 0.717) is 50.7 Å². The Bertz CT molecular complexity index is 1460. The molecule has 1 amide bonds. The number of aliphatic hydroxyl groups is 1. The molecule has 5 rings (SSSR count). The van der Waals surface area contributed by atoms with Gasteiger partial charge in [-0.25, -0.2) is 0 Å². The third-order valence-electron chi connectivity index (χ3n) is 8.51. The Morgan fingerprint density at radius 2 is 1.56 bits per heavy atom. The highest BCUT2D eigenvalue weighted by Gasteiger charge is 2.45. The summed E-state index contributed by atoms with van der Waals surface area (Å²) < 4.78 is 17.3. The van der Waals surface area contributed by atoms with E-state index in [9.17, 15) is 14.7 Å². The molecule has 8 nitrogen and oxygen atoms in total. The van der Waals surface area contributed by atoms with Gasteiger partial charge in [-0.1, -0.05) is 56.2 Å². The van der Waals surface area contributed by atoms with Crippen molar-refractivity contribution in [2.45, 2.75) is 52.2 Å². The Labute approximate surface area is 266 Å². The van der Waals surface area contributed by atoms with Gasteiger partial charge in [0.1, 0.15) is 23.9 Å². The number of hydrogen-bond donors (Lipinski definition) is 1. The van der Waals surface area contributed by atoms with E-state index in [2.05, 4.69) is 11.8 Å². The van der Waals surface area contributed by atoms with E-state index < -0.39 is 17.7 Å². The minimum atomic E-state index is -0.708. The van der Waals surface area contributed by atoms with Crippen LogP contribution < -0.4 is 9.47 Å². The lowest BCUT2D eigenvalue weighted by molar-refractivity contribution is -0.140. The number of Topliss-reactive ketones (excluding diaryl/α,β-unsaturated/α-hetero) is 1. The van der Waals surface area contributed by atoms with Crippen LogP contribution in [0.15, 0.2) is 78.4 Å². The van der Waals surface area contributed by atoms with Crippen LogP contribution in [-0.4, -0.2) is 72.6 Å². The van der Waals surface area contributed by atoms with E-state index in [4.69, 9.17) is 14.2 Å². The number of likely N-dealkylation sites (tertiary alicyclic amines) is 1. The molecule has 3 aromatic rings. The highest BCUT2D eigenvalue weighted by Crippen LogP contribution is 2.40. The van der Waals surface area contributed by atoms with Crippen LogP contribution >= 0.6 is 0 Å². The SMILES string of the molecule is CCCCCOc1ccc(C2C(=C(O)c3ccc(OCc4ccccc4C)cc3)C(=O)C(=O)N2CCCN2CCOCC2)cc1. The molecule has 0 aromatic heterocycles. The molecule has 0 bridgehead atoms. The van der Waals surface area contributed by atoms with Crippen LogP contribution in [-0.2, 0) is 20.9 Å². The number of amides is 1. The molecule has 0 radical (unpaired) electrons. The van der Waals surface area contributed by atoms with Crippen LogP contribution in [0.4, 0.5) is 0 Å². The standard InChI is InChI=1S/C37H44N2O6/c1-3-4-7-23-44-31-15-11-28(12-16-31)34-33(36(41)37(42)39(34)20-8-19-38-21-24-43-25-22-38)35(40)29-13-17-32(18-14-29)45-26-30-10-6-5-9-27(30)2/h5-6,9-18,34,40H,3-4,7-8,19-26H2,1-2H3. The number of morpholine rings is 1. The summed E-state index contributed by atoms with van der Waals surface area (Å²) in [6, 6.07) is 21.8. The first-order chi connectivity index (χ1) is 22.0. The molecule has 2 fully saturated rings. The number of unbranched alkanes of at least 4 members (excludes halogenated alkanes) is 2. The molecule has 1 atom stereocenters. The molecule has 0 saturated carbocycles. The second-order valence-electron chi connectivity index (χ2n) is 11.7. The molecule has 2 aliphatic rings. The zero-order chi connectivity index (χ0) is 31.6. The van der Waals surface area contributed by atoms with Gasteiger partial charge in [-0.05, 0) is 72.9 Å². The van der Waals surface area contributed by atoms with E-state index in [1.54, 1.807) is 29.2 Å². The lowest BCUT2D eigenvalue weighted by Gasteiger charge is -2.29. The van der Waals surface area contributed by atoms with E-state index in [1.165, 1.54) is 0 Å². The van der Waals surface area contributed by atoms with Crippen LogP contribution in [0.2, 0.25) is 0 Å². The van der Waals surface area contributed by atoms with E-state index >= 15 is 0 Å². The quantitative estimate of drug-likeness (QED) is 0.0991. The third-order valence-corrected chi connectivity index (χ3v) is 8.51. The van der Waals surface area contributed by atoms with Crippen LogP contribution in [0.1, 0.15) is 60.9 Å². The summed E-state index contributed by atoms with van der Waals surface area (Å²) in [6.07, 6.45) is 3.92. The summed E-state index contributed by atoms with van der Waals surface area (Å²) >= 11 is 0. The van der Waals surface area contributed by atoms with Crippen LogP contribution in [0.25, 0.3) is 5.76 Å². The fraction of sp³-hybridized carbons (Fsp3) is 0.405.